The molecule has 1 unspecified atom stereocenters. The molecular formula is C15H22N4O2. The van der Waals surface area contributed by atoms with E-state index in [2.05, 4.69) is 15.5 Å². The first-order valence-corrected chi connectivity index (χ1v) is 7.00. The van der Waals surface area contributed by atoms with Gasteiger partial charge in [0.2, 0.25) is 0 Å². The Bertz CT molecular complexity index is 615. The molecule has 0 saturated carbocycles. The summed E-state index contributed by atoms with van der Waals surface area (Å²) in [7, 11) is 0. The fourth-order valence-electron chi connectivity index (χ4n) is 2.08. The topological polar surface area (TPSA) is 93.0 Å². The molecule has 114 valence electrons. The summed E-state index contributed by atoms with van der Waals surface area (Å²) >= 11 is 0. The van der Waals surface area contributed by atoms with Crippen LogP contribution in [-0.4, -0.2) is 34.5 Å². The molecule has 0 fully saturated rings. The number of fused-ring (bicyclic) bond motifs is 1. The first-order chi connectivity index (χ1) is 9.89. The Labute approximate surface area is 124 Å². The van der Waals surface area contributed by atoms with Gasteiger partial charge in [0.15, 0.2) is 0 Å². The second kappa shape index (κ2) is 6.13. The summed E-state index contributed by atoms with van der Waals surface area (Å²) in [6, 6.07) is 7.62. The van der Waals surface area contributed by atoms with Crippen LogP contribution in [0.4, 0.5) is 4.79 Å². The van der Waals surface area contributed by atoms with Crippen molar-refractivity contribution in [2.45, 2.75) is 38.8 Å². The Morgan fingerprint density at radius 3 is 2.81 bits per heavy atom. The number of benzene rings is 1. The van der Waals surface area contributed by atoms with Crippen molar-refractivity contribution in [2.75, 3.05) is 6.54 Å². The van der Waals surface area contributed by atoms with Crippen LogP contribution in [0.1, 0.15) is 26.5 Å². The quantitative estimate of drug-likeness (QED) is 0.802. The van der Waals surface area contributed by atoms with Crippen molar-refractivity contribution in [3.8, 4) is 0 Å². The summed E-state index contributed by atoms with van der Waals surface area (Å²) in [5.41, 5.74) is 7.08. The van der Waals surface area contributed by atoms with Crippen molar-refractivity contribution in [3.63, 3.8) is 0 Å². The van der Waals surface area contributed by atoms with Gasteiger partial charge < -0.3 is 15.8 Å². The molecule has 6 nitrogen and oxygen atoms in total. The number of carbonyl (C=O) groups is 1. The molecular weight excluding hydrogens is 268 g/mol. The number of nitrogens with one attached hydrogen (secondary N) is 2. The van der Waals surface area contributed by atoms with E-state index in [-0.39, 0.29) is 6.04 Å². The minimum atomic E-state index is -0.524. The molecule has 1 aromatic carbocycles. The summed E-state index contributed by atoms with van der Waals surface area (Å²) in [6.45, 7) is 5.80. The second-order valence-electron chi connectivity index (χ2n) is 6.00. The molecule has 1 aromatic heterocycles. The van der Waals surface area contributed by atoms with Crippen LogP contribution in [0.5, 0.6) is 0 Å². The highest BCUT2D eigenvalue weighted by Gasteiger charge is 2.20. The fraction of sp³-hybridized carbons (Fsp3) is 0.467. The molecule has 1 amide bonds. The number of rotatable bonds is 4. The zero-order chi connectivity index (χ0) is 15.5. The van der Waals surface area contributed by atoms with E-state index < -0.39 is 11.7 Å². The van der Waals surface area contributed by atoms with Gasteiger partial charge in [-0.25, -0.2) is 4.79 Å². The average Bonchev–Trinajstić information content (AvgIpc) is 2.79. The zero-order valence-electron chi connectivity index (χ0n) is 12.6. The van der Waals surface area contributed by atoms with E-state index in [1.807, 2.05) is 45.0 Å². The average molecular weight is 290 g/mol. The van der Waals surface area contributed by atoms with E-state index in [1.165, 1.54) is 0 Å². The van der Waals surface area contributed by atoms with Gasteiger partial charge in [0.1, 0.15) is 5.60 Å². The second-order valence-corrected chi connectivity index (χ2v) is 6.00. The number of nitrogens with zero attached hydrogens (tertiary/aromatic N) is 1. The smallest absolute Gasteiger partial charge is 0.407 e. The number of aromatic amines is 1. The highest BCUT2D eigenvalue weighted by atomic mass is 16.6. The van der Waals surface area contributed by atoms with Gasteiger partial charge in [0.25, 0.3) is 0 Å². The number of nitrogens with two attached hydrogens (primary N) is 1. The lowest BCUT2D eigenvalue weighted by Gasteiger charge is -2.22. The lowest BCUT2D eigenvalue weighted by molar-refractivity contribution is 0.0506. The van der Waals surface area contributed by atoms with Crippen molar-refractivity contribution in [1.29, 1.82) is 0 Å². The Morgan fingerprint density at radius 1 is 1.43 bits per heavy atom. The molecule has 0 spiro atoms. The number of hydrogen-bond donors (Lipinski definition) is 3. The normalized spacial score (nSPS) is 13.1. The molecule has 0 bridgehead atoms. The van der Waals surface area contributed by atoms with E-state index in [0.29, 0.717) is 13.0 Å². The molecule has 0 aliphatic rings. The van der Waals surface area contributed by atoms with Crippen LogP contribution in [0.3, 0.4) is 0 Å². The highest BCUT2D eigenvalue weighted by Crippen LogP contribution is 2.16. The number of H-pyrrole nitrogens is 1. The van der Waals surface area contributed by atoms with Gasteiger partial charge >= 0.3 is 6.09 Å². The standard InChI is InChI=1S/C15H22N4O2/c1-15(2,3)21-14(20)17-10(9-16)8-13-11-6-4-5-7-12(11)18-19-13/h4-7,10H,8-9,16H2,1-3H3,(H,17,20)(H,18,19). The molecule has 4 N–H and O–H groups in total. The Morgan fingerprint density at radius 2 is 2.14 bits per heavy atom. The molecule has 0 aliphatic heterocycles. The molecule has 0 saturated heterocycles. The molecule has 6 heteroatoms. The van der Waals surface area contributed by atoms with Crippen molar-refractivity contribution >= 4 is 17.0 Å². The number of carbonyl (C=O) groups excluding carboxylic acids is 1. The molecule has 1 heterocycles. The number of aromatic nitrogens is 2. The summed E-state index contributed by atoms with van der Waals surface area (Å²) in [4.78, 5) is 11.8. The summed E-state index contributed by atoms with van der Waals surface area (Å²) < 4.78 is 5.25. The van der Waals surface area contributed by atoms with Crippen LogP contribution in [0.15, 0.2) is 24.3 Å². The number of amides is 1. The summed E-state index contributed by atoms with van der Waals surface area (Å²) in [5, 5.41) is 11.1. The highest BCUT2D eigenvalue weighted by molar-refractivity contribution is 5.81. The molecule has 0 aliphatic carbocycles. The third kappa shape index (κ3) is 4.19. The van der Waals surface area contributed by atoms with Crippen molar-refractivity contribution in [2.24, 2.45) is 5.73 Å². The monoisotopic (exact) mass is 290 g/mol. The van der Waals surface area contributed by atoms with E-state index >= 15 is 0 Å². The SMILES string of the molecule is CC(C)(C)OC(=O)NC(CN)Cc1[nH]nc2ccccc12. The van der Waals surface area contributed by atoms with Gasteiger partial charge in [0.05, 0.1) is 5.52 Å². The number of alkyl carbamates (subject to hydrolysis) is 1. The lowest BCUT2D eigenvalue weighted by atomic mass is 10.1. The van der Waals surface area contributed by atoms with Crippen molar-refractivity contribution in [3.05, 3.63) is 30.0 Å². The Balaban J connectivity index is 2.04. The van der Waals surface area contributed by atoms with Gasteiger partial charge in [0, 0.05) is 30.1 Å². The van der Waals surface area contributed by atoms with Crippen LogP contribution < -0.4 is 11.1 Å². The Hall–Kier alpha value is -2.08. The third-order valence-electron chi connectivity index (χ3n) is 3.00. The summed E-state index contributed by atoms with van der Waals surface area (Å²) in [5.74, 6) is 0. The predicted molar refractivity (Wildman–Crippen MR) is 82.0 cm³/mol. The van der Waals surface area contributed by atoms with Gasteiger partial charge in [-0.1, -0.05) is 18.2 Å². The summed E-state index contributed by atoms with van der Waals surface area (Å²) in [6.07, 6.45) is 0.123. The van der Waals surface area contributed by atoms with Crippen molar-refractivity contribution < 1.29 is 9.53 Å². The van der Waals surface area contributed by atoms with E-state index in [0.717, 1.165) is 16.6 Å². The van der Waals surface area contributed by atoms with Gasteiger partial charge in [-0.15, -0.1) is 0 Å². The molecule has 0 radical (unpaired) electrons. The maximum absolute atomic E-state index is 11.8. The predicted octanol–water partition coefficient (Wildman–Crippen LogP) is 1.96. The number of hydrogen-bond acceptors (Lipinski definition) is 4. The first-order valence-electron chi connectivity index (χ1n) is 7.00. The van der Waals surface area contributed by atoms with Crippen LogP contribution >= 0.6 is 0 Å². The zero-order valence-corrected chi connectivity index (χ0v) is 12.6. The van der Waals surface area contributed by atoms with Gasteiger partial charge in [-0.2, -0.15) is 5.10 Å². The van der Waals surface area contributed by atoms with E-state index in [4.69, 9.17) is 10.5 Å². The van der Waals surface area contributed by atoms with Crippen LogP contribution in [0, 0.1) is 0 Å². The van der Waals surface area contributed by atoms with Gasteiger partial charge in [-0.05, 0) is 26.8 Å². The maximum atomic E-state index is 11.8. The minimum Gasteiger partial charge on any atom is -0.444 e. The van der Waals surface area contributed by atoms with E-state index in [1.54, 1.807) is 0 Å². The minimum absolute atomic E-state index is 0.205. The van der Waals surface area contributed by atoms with Crippen LogP contribution in [0.25, 0.3) is 10.9 Å². The number of para-hydroxylation sites is 1. The molecule has 2 rings (SSSR count). The molecule has 2 aromatic rings. The molecule has 1 atom stereocenters. The fourth-order valence-corrected chi connectivity index (χ4v) is 2.08. The number of ether oxygens (including phenoxy) is 1. The lowest BCUT2D eigenvalue weighted by Crippen LogP contribution is -2.44. The first kappa shape index (κ1) is 15.3. The van der Waals surface area contributed by atoms with Gasteiger partial charge in [-0.3, -0.25) is 5.10 Å². The van der Waals surface area contributed by atoms with Crippen LogP contribution in [-0.2, 0) is 11.2 Å². The van der Waals surface area contributed by atoms with E-state index in [9.17, 15) is 4.79 Å². The third-order valence-corrected chi connectivity index (χ3v) is 3.00. The van der Waals surface area contributed by atoms with Crippen molar-refractivity contribution in [1.82, 2.24) is 15.5 Å². The van der Waals surface area contributed by atoms with Crippen LogP contribution in [0.2, 0.25) is 0 Å². The largest absolute Gasteiger partial charge is 0.444 e. The maximum Gasteiger partial charge on any atom is 0.407 e. The Kier molecular flexibility index (Phi) is 4.47. The molecule has 21 heavy (non-hydrogen) atoms.